The molecule has 4 rings (SSSR count). The summed E-state index contributed by atoms with van der Waals surface area (Å²) in [5.74, 6) is -2.39. The largest absolute Gasteiger partial charge is 0.465 e. The van der Waals surface area contributed by atoms with Crippen molar-refractivity contribution in [2.24, 2.45) is 28.6 Å². The van der Waals surface area contributed by atoms with E-state index in [1.54, 1.807) is 0 Å². The molecule has 1 N–H and O–H groups in total. The van der Waals surface area contributed by atoms with E-state index in [2.05, 4.69) is 4.74 Å². The van der Waals surface area contributed by atoms with Gasteiger partial charge in [0, 0.05) is 23.7 Å². The molecule has 30 heavy (non-hydrogen) atoms. The van der Waals surface area contributed by atoms with Crippen LogP contribution >= 0.6 is 0 Å². The Balaban J connectivity index is 1.41. The van der Waals surface area contributed by atoms with Gasteiger partial charge < -0.3 is 9.47 Å². The summed E-state index contributed by atoms with van der Waals surface area (Å²) in [5.41, 5.74) is -3.64. The zero-order valence-electron chi connectivity index (χ0n) is 17.0. The Kier molecular flexibility index (Phi) is 4.03. The first-order chi connectivity index (χ1) is 13.4. The molecule has 8 nitrogen and oxygen atoms in total. The van der Waals surface area contributed by atoms with Gasteiger partial charge >= 0.3 is 27.3 Å². The second-order valence-electron chi connectivity index (χ2n) is 10.5. The van der Waals surface area contributed by atoms with Gasteiger partial charge in [-0.3, -0.25) is 14.1 Å². The molecule has 4 aliphatic carbocycles. The molecule has 0 aliphatic heterocycles. The van der Waals surface area contributed by atoms with E-state index in [-0.39, 0.29) is 29.5 Å². The quantitative estimate of drug-likeness (QED) is 0.462. The van der Waals surface area contributed by atoms with Crippen molar-refractivity contribution in [1.29, 1.82) is 0 Å². The predicted octanol–water partition coefficient (Wildman–Crippen LogP) is 2.12. The summed E-state index contributed by atoms with van der Waals surface area (Å²) in [5, 5.41) is -5.12. The van der Waals surface area contributed by atoms with Crippen LogP contribution in [0.2, 0.25) is 0 Å². The molecule has 0 heterocycles. The van der Waals surface area contributed by atoms with Crippen molar-refractivity contribution in [3.05, 3.63) is 0 Å². The van der Waals surface area contributed by atoms with Gasteiger partial charge in [-0.15, -0.1) is 0 Å². The van der Waals surface area contributed by atoms with Crippen LogP contribution < -0.4 is 0 Å². The van der Waals surface area contributed by atoms with E-state index in [4.69, 9.17) is 9.29 Å². The van der Waals surface area contributed by atoms with E-state index >= 15 is 0 Å². The summed E-state index contributed by atoms with van der Waals surface area (Å²) >= 11 is 0. The van der Waals surface area contributed by atoms with E-state index in [1.807, 2.05) is 0 Å². The lowest BCUT2D eigenvalue weighted by Crippen LogP contribution is -2.58. The maximum absolute atomic E-state index is 13.5. The second kappa shape index (κ2) is 5.59. The number of ketones is 1. The molecule has 0 aromatic heterocycles. The molecule has 0 radical (unpaired) electrons. The van der Waals surface area contributed by atoms with Crippen LogP contribution in [0.15, 0.2) is 0 Å². The van der Waals surface area contributed by atoms with E-state index in [0.717, 1.165) is 12.8 Å². The lowest BCUT2D eigenvalue weighted by atomic mass is 9.47. The summed E-state index contributed by atoms with van der Waals surface area (Å²) in [6.07, 6.45) is 1.76. The SMILES string of the molecule is CC(C)(CC(C)(C)C(=O)OC12CC3C(=O)C4CC1(C2)C34)OC(=O)C(F)(F)S(=O)(=O)O. The fraction of sp³-hybridized carbons (Fsp3) is 0.842. The molecule has 168 valence electrons. The molecule has 5 atom stereocenters. The second-order valence-corrected chi connectivity index (χ2v) is 11.9. The highest BCUT2D eigenvalue weighted by molar-refractivity contribution is 7.87. The molecule has 0 aromatic rings. The van der Waals surface area contributed by atoms with Crippen LogP contribution in [0.4, 0.5) is 8.78 Å². The Morgan fingerprint density at radius 1 is 1.13 bits per heavy atom. The van der Waals surface area contributed by atoms with Crippen molar-refractivity contribution in [2.45, 2.75) is 69.8 Å². The summed E-state index contributed by atoms with van der Waals surface area (Å²) in [4.78, 5) is 36.5. The molecule has 0 amide bonds. The molecule has 4 saturated carbocycles. The molecule has 5 unspecified atom stereocenters. The van der Waals surface area contributed by atoms with Crippen molar-refractivity contribution in [1.82, 2.24) is 0 Å². The van der Waals surface area contributed by atoms with Crippen LogP contribution in [0.3, 0.4) is 0 Å². The number of carbonyl (C=O) groups excluding carboxylic acids is 3. The highest BCUT2D eigenvalue weighted by Gasteiger charge is 2.91. The number of halogens is 2. The number of ether oxygens (including phenoxy) is 2. The number of hydrogen-bond acceptors (Lipinski definition) is 7. The summed E-state index contributed by atoms with van der Waals surface area (Å²) in [6, 6.07) is 0. The highest BCUT2D eigenvalue weighted by Crippen LogP contribution is 2.87. The molecule has 0 bridgehead atoms. The van der Waals surface area contributed by atoms with Crippen LogP contribution in [0.25, 0.3) is 0 Å². The van der Waals surface area contributed by atoms with Crippen LogP contribution in [-0.4, -0.2) is 47.1 Å². The van der Waals surface area contributed by atoms with Crippen molar-refractivity contribution in [3.8, 4) is 0 Å². The first-order valence-electron chi connectivity index (χ1n) is 9.75. The Labute approximate surface area is 172 Å². The third-order valence-corrected chi connectivity index (χ3v) is 8.21. The summed E-state index contributed by atoms with van der Waals surface area (Å²) < 4.78 is 67.5. The lowest BCUT2D eigenvalue weighted by molar-refractivity contribution is -0.183. The van der Waals surface area contributed by atoms with Gasteiger partial charge in [0.1, 0.15) is 17.0 Å². The molecule has 0 saturated heterocycles. The molecule has 4 aliphatic rings. The van der Waals surface area contributed by atoms with Gasteiger partial charge in [0.15, 0.2) is 0 Å². The van der Waals surface area contributed by atoms with Crippen LogP contribution in [0, 0.1) is 28.6 Å². The molecule has 11 heteroatoms. The Hall–Kier alpha value is -1.62. The number of esters is 2. The van der Waals surface area contributed by atoms with E-state index in [9.17, 15) is 31.6 Å². The third kappa shape index (κ3) is 2.63. The number of rotatable bonds is 7. The van der Waals surface area contributed by atoms with Crippen LogP contribution in [0.5, 0.6) is 0 Å². The monoisotopic (exact) mass is 450 g/mol. The van der Waals surface area contributed by atoms with Gasteiger partial charge in [-0.25, -0.2) is 4.79 Å². The maximum atomic E-state index is 13.5. The third-order valence-electron chi connectivity index (χ3n) is 7.39. The summed E-state index contributed by atoms with van der Waals surface area (Å²) in [7, 11) is -5.99. The molecular weight excluding hydrogens is 426 g/mol. The van der Waals surface area contributed by atoms with E-state index in [0.29, 0.717) is 12.3 Å². The minimum atomic E-state index is -5.99. The minimum Gasteiger partial charge on any atom is -0.458 e. The number of Topliss-reactive ketones (excluding diaryl/α,β-unsaturated/α-hetero) is 1. The average molecular weight is 450 g/mol. The molecule has 0 aromatic carbocycles. The molecule has 4 fully saturated rings. The Bertz CT molecular complexity index is 971. The summed E-state index contributed by atoms with van der Waals surface area (Å²) in [6.45, 7) is 5.52. The van der Waals surface area contributed by atoms with E-state index < -0.39 is 43.9 Å². The Morgan fingerprint density at radius 2 is 1.70 bits per heavy atom. The smallest absolute Gasteiger partial charge is 0.458 e. The first-order valence-corrected chi connectivity index (χ1v) is 11.2. The molecule has 1 spiro atoms. The van der Waals surface area contributed by atoms with Gasteiger partial charge in [-0.05, 0) is 52.9 Å². The standard InChI is InChI=1S/C19H24F2O8S/c1-15(2,7-16(3,4)28-14(24)19(20,21)30(25,26)27)13(23)29-18-6-10-11-9(12(10)22)5-17(11,18)8-18/h9-11H,5-8H2,1-4H3,(H,25,26,27). The van der Waals surface area contributed by atoms with Crippen molar-refractivity contribution in [3.63, 3.8) is 0 Å². The fourth-order valence-corrected chi connectivity index (χ4v) is 6.50. The topological polar surface area (TPSA) is 124 Å². The van der Waals surface area contributed by atoms with Gasteiger partial charge in [0.2, 0.25) is 0 Å². The van der Waals surface area contributed by atoms with Gasteiger partial charge in [-0.2, -0.15) is 17.2 Å². The van der Waals surface area contributed by atoms with Gasteiger partial charge in [0.05, 0.1) is 5.41 Å². The first kappa shape index (κ1) is 21.6. The van der Waals surface area contributed by atoms with Gasteiger partial charge in [-0.1, -0.05) is 0 Å². The lowest BCUT2D eigenvalue weighted by Gasteiger charge is -2.53. The van der Waals surface area contributed by atoms with Crippen LogP contribution in [0.1, 0.15) is 53.4 Å². The van der Waals surface area contributed by atoms with Crippen molar-refractivity contribution >= 4 is 27.8 Å². The number of carbonyl (C=O) groups is 3. The normalized spacial score (nSPS) is 36.8. The van der Waals surface area contributed by atoms with Crippen molar-refractivity contribution < 1.29 is 45.6 Å². The van der Waals surface area contributed by atoms with E-state index in [1.165, 1.54) is 27.7 Å². The molecular formula is C19H24F2O8S. The number of alkyl halides is 2. The number of hydrogen-bond donors (Lipinski definition) is 1. The fourth-order valence-electron chi connectivity index (χ4n) is 6.24. The van der Waals surface area contributed by atoms with Crippen molar-refractivity contribution in [2.75, 3.05) is 0 Å². The van der Waals surface area contributed by atoms with Gasteiger partial charge in [0.25, 0.3) is 0 Å². The highest BCUT2D eigenvalue weighted by atomic mass is 32.2. The Morgan fingerprint density at radius 3 is 2.23 bits per heavy atom. The maximum Gasteiger partial charge on any atom is 0.465 e. The van der Waals surface area contributed by atoms with Crippen LogP contribution in [-0.2, 0) is 34.0 Å². The zero-order valence-corrected chi connectivity index (χ0v) is 17.8. The average Bonchev–Trinajstić information content (AvgIpc) is 3.15. The minimum absolute atomic E-state index is 0.0338. The predicted molar refractivity (Wildman–Crippen MR) is 95.6 cm³/mol. The zero-order chi connectivity index (χ0) is 22.7.